The van der Waals surface area contributed by atoms with Gasteiger partial charge in [0.15, 0.2) is 0 Å². The monoisotopic (exact) mass is 608 g/mol. The minimum Gasteiger partial charge on any atom is -0.358 e. The van der Waals surface area contributed by atoms with Crippen molar-refractivity contribution in [1.82, 2.24) is 0 Å². The van der Waals surface area contributed by atoms with E-state index >= 15 is 0 Å². The van der Waals surface area contributed by atoms with E-state index in [0.29, 0.717) is 11.8 Å². The number of fused-ring (bicyclic) bond motifs is 3. The SMILES string of the molecule is CC(C)(C)c1c[c-]c2c(c1)-c1cc(C(C)(C)C)ccc1C2.CC1=[C-]C(C)C=C1C(C)C.[CH2]=[Zr].[CH3-].[c-]1ccccc1. The van der Waals surface area contributed by atoms with Gasteiger partial charge >= 0.3 is 28.4 Å². The van der Waals surface area contributed by atoms with Crippen molar-refractivity contribution in [3.8, 4) is 11.1 Å². The maximum atomic E-state index is 3.53. The summed E-state index contributed by atoms with van der Waals surface area (Å²) in [5.74, 6) is 1.20. The zero-order valence-corrected chi connectivity index (χ0v) is 29.4. The third-order valence-corrected chi connectivity index (χ3v) is 7.06. The predicted octanol–water partition coefficient (Wildman–Crippen LogP) is 10.5. The van der Waals surface area contributed by atoms with Gasteiger partial charge in [0.2, 0.25) is 0 Å². The summed E-state index contributed by atoms with van der Waals surface area (Å²) in [5.41, 5.74) is 11.6. The van der Waals surface area contributed by atoms with E-state index < -0.39 is 0 Å². The van der Waals surface area contributed by atoms with Gasteiger partial charge in [0, 0.05) is 0 Å². The molecule has 2 aliphatic rings. The van der Waals surface area contributed by atoms with E-state index in [2.05, 4.69) is 128 Å². The van der Waals surface area contributed by atoms with E-state index in [1.165, 1.54) is 68.8 Å². The van der Waals surface area contributed by atoms with Crippen LogP contribution < -0.4 is 0 Å². The van der Waals surface area contributed by atoms with Gasteiger partial charge in [-0.2, -0.15) is 77.4 Å². The fraction of sp³-hybridized carbons (Fsp3) is 0.385. The van der Waals surface area contributed by atoms with Gasteiger partial charge in [-0.25, -0.2) is 5.57 Å². The van der Waals surface area contributed by atoms with Gasteiger partial charge in [-0.3, -0.25) is 6.08 Å². The van der Waals surface area contributed by atoms with Gasteiger partial charge in [-0.1, -0.05) is 116 Å². The van der Waals surface area contributed by atoms with Crippen LogP contribution in [-0.2, 0) is 41.5 Å². The summed E-state index contributed by atoms with van der Waals surface area (Å²) >= 11 is 1.30. The number of rotatable bonds is 1. The van der Waals surface area contributed by atoms with E-state index in [-0.39, 0.29) is 18.3 Å². The summed E-state index contributed by atoms with van der Waals surface area (Å²) in [4.78, 5) is 0. The molecule has 0 saturated heterocycles. The number of allylic oxidation sites excluding steroid dienone is 4. The molecule has 1 atom stereocenters. The summed E-state index contributed by atoms with van der Waals surface area (Å²) in [7, 11) is 0. The van der Waals surface area contributed by atoms with Crippen molar-refractivity contribution in [3.63, 3.8) is 0 Å². The molecule has 0 N–H and O–H groups in total. The Morgan fingerprint density at radius 3 is 1.85 bits per heavy atom. The molecular weight excluding hydrogens is 560 g/mol. The second-order valence-corrected chi connectivity index (χ2v) is 12.7. The molecule has 1 unspecified atom stereocenters. The minimum atomic E-state index is 0. The van der Waals surface area contributed by atoms with Crippen LogP contribution in [0.3, 0.4) is 0 Å². The topological polar surface area (TPSA) is 0 Å². The molecule has 0 aromatic heterocycles. The van der Waals surface area contributed by atoms with Gasteiger partial charge in [0.05, 0.1) is 0 Å². The Hall–Kier alpha value is -2.11. The Kier molecular flexibility index (Phi) is 14.2. The van der Waals surface area contributed by atoms with Crippen LogP contribution in [0.4, 0.5) is 0 Å². The minimum absolute atomic E-state index is 0. The summed E-state index contributed by atoms with van der Waals surface area (Å²) < 4.78 is 3.34. The first-order valence-electron chi connectivity index (χ1n) is 14.0. The molecule has 214 valence electrons. The molecule has 0 spiro atoms. The Bertz CT molecular complexity index is 1170. The maximum absolute atomic E-state index is 3.53. The molecule has 3 aromatic rings. The summed E-state index contributed by atoms with van der Waals surface area (Å²) in [6.45, 7) is 22.4. The van der Waals surface area contributed by atoms with Crippen LogP contribution in [0.25, 0.3) is 11.1 Å². The van der Waals surface area contributed by atoms with Crippen LogP contribution in [0.5, 0.6) is 0 Å². The van der Waals surface area contributed by atoms with Crippen molar-refractivity contribution in [2.45, 2.75) is 86.5 Å². The van der Waals surface area contributed by atoms with Crippen LogP contribution >= 0.6 is 0 Å². The first-order chi connectivity index (χ1) is 18.3. The zero-order valence-electron chi connectivity index (χ0n) is 26.9. The Labute approximate surface area is 262 Å². The van der Waals surface area contributed by atoms with E-state index in [1.807, 2.05) is 30.3 Å². The van der Waals surface area contributed by atoms with Crippen molar-refractivity contribution in [3.05, 3.63) is 126 Å². The van der Waals surface area contributed by atoms with E-state index in [1.54, 1.807) is 0 Å². The molecule has 2 aliphatic carbocycles. The zero-order chi connectivity index (χ0) is 29.4. The number of hydrogen-bond donors (Lipinski definition) is 0. The molecule has 0 fully saturated rings. The third kappa shape index (κ3) is 10.1. The molecule has 0 radical (unpaired) electrons. The normalized spacial score (nSPS) is 14.9. The fourth-order valence-electron chi connectivity index (χ4n) is 4.81. The van der Waals surface area contributed by atoms with Crippen LogP contribution in [0.2, 0.25) is 0 Å². The average Bonchev–Trinajstić information content (AvgIpc) is 3.44. The van der Waals surface area contributed by atoms with E-state index in [9.17, 15) is 0 Å². The van der Waals surface area contributed by atoms with Gasteiger partial charge in [-0.15, -0.1) is 5.56 Å². The van der Waals surface area contributed by atoms with Crippen molar-refractivity contribution in [1.29, 1.82) is 0 Å². The molecule has 0 nitrogen and oxygen atoms in total. The Balaban J connectivity index is 0.000000349. The molecule has 40 heavy (non-hydrogen) atoms. The van der Waals surface area contributed by atoms with Gasteiger partial charge in [0.25, 0.3) is 0 Å². The average molecular weight is 610 g/mol. The molecular formula is C39H50Zr-4. The molecule has 0 bridgehead atoms. The summed E-state index contributed by atoms with van der Waals surface area (Å²) in [6.07, 6.45) is 6.71. The Morgan fingerprint density at radius 2 is 1.45 bits per heavy atom. The standard InChI is InChI=1S/C21H25.C10H15.C6H5.CH3.CH2.Zr/c1-20(2,3)16-9-7-14-11-15-8-10-17(21(4,5)6)13-19(15)18(14)12-16;1-7(2)10-6-8(3)5-9(10)4;1-2-4-6-5-3-1;;;/h7,9-10,12-13H,11H2,1-6H3;6-8H,1-4H3;1-5H;1H3;1H2;/q4*-1;;. The summed E-state index contributed by atoms with van der Waals surface area (Å²) in [6, 6.07) is 27.6. The van der Waals surface area contributed by atoms with Crippen LogP contribution in [-0.4, -0.2) is 4.21 Å². The molecule has 0 saturated carbocycles. The second-order valence-electron chi connectivity index (χ2n) is 12.7. The second kappa shape index (κ2) is 15.8. The van der Waals surface area contributed by atoms with Crippen LogP contribution in [0, 0.1) is 37.5 Å². The van der Waals surface area contributed by atoms with Gasteiger partial charge < -0.3 is 7.43 Å². The van der Waals surface area contributed by atoms with E-state index in [4.69, 9.17) is 0 Å². The smallest absolute Gasteiger partial charge is 0.171 e. The van der Waals surface area contributed by atoms with Crippen LogP contribution in [0.1, 0.15) is 91.5 Å². The number of benzene rings is 3. The molecule has 3 aromatic carbocycles. The number of hydrogen-bond acceptors (Lipinski definition) is 0. The molecule has 1 heteroatoms. The van der Waals surface area contributed by atoms with Crippen molar-refractivity contribution >= 4 is 4.21 Å². The molecule has 5 rings (SSSR count). The van der Waals surface area contributed by atoms with Gasteiger partial charge in [0.1, 0.15) is 0 Å². The summed E-state index contributed by atoms with van der Waals surface area (Å²) in [5, 5.41) is 0. The first-order valence-corrected chi connectivity index (χ1v) is 15.8. The van der Waals surface area contributed by atoms with E-state index in [0.717, 1.165) is 6.42 Å². The van der Waals surface area contributed by atoms with Crippen LogP contribution in [0.15, 0.2) is 77.9 Å². The van der Waals surface area contributed by atoms with Crippen molar-refractivity contribution < 1.29 is 24.2 Å². The molecule has 0 aliphatic heterocycles. The Morgan fingerprint density at radius 1 is 0.875 bits per heavy atom. The quantitative estimate of drug-likeness (QED) is 0.188. The van der Waals surface area contributed by atoms with Gasteiger partial charge in [-0.05, 0) is 17.4 Å². The fourth-order valence-corrected chi connectivity index (χ4v) is 4.81. The predicted molar refractivity (Wildman–Crippen MR) is 174 cm³/mol. The van der Waals surface area contributed by atoms with Crippen molar-refractivity contribution in [2.75, 3.05) is 0 Å². The maximum Gasteiger partial charge on any atom is -0.171 e. The first kappa shape index (κ1) is 35.9. The van der Waals surface area contributed by atoms with Crippen molar-refractivity contribution in [2.24, 2.45) is 11.8 Å². The largest absolute Gasteiger partial charge is 0.358 e. The third-order valence-electron chi connectivity index (χ3n) is 7.06. The molecule has 0 heterocycles. The molecule has 0 amide bonds.